The number of carboxylic acids is 1. The molecule has 0 atom stereocenters. The van der Waals surface area contributed by atoms with Crippen molar-refractivity contribution >= 4 is 21.9 Å². The topological polar surface area (TPSA) is 63.1 Å². The lowest BCUT2D eigenvalue weighted by Crippen LogP contribution is -2.06. The molecule has 1 aromatic rings. The highest BCUT2D eigenvalue weighted by Crippen LogP contribution is 2.32. The lowest BCUT2D eigenvalue weighted by molar-refractivity contribution is 0.0694. The summed E-state index contributed by atoms with van der Waals surface area (Å²) in [5, 5.41) is 8.81. The summed E-state index contributed by atoms with van der Waals surface area (Å²) in [7, 11) is 0. The molecule has 1 fully saturated rings. The van der Waals surface area contributed by atoms with E-state index in [2.05, 4.69) is 25.9 Å². The van der Waals surface area contributed by atoms with Crippen LogP contribution in [-0.4, -0.2) is 21.0 Å². The van der Waals surface area contributed by atoms with Crippen LogP contribution < -0.4 is 0 Å². The third-order valence-corrected chi connectivity index (χ3v) is 3.32. The van der Waals surface area contributed by atoms with Crippen LogP contribution in [-0.2, 0) is 0 Å². The van der Waals surface area contributed by atoms with Crippen molar-refractivity contribution in [3.05, 3.63) is 22.2 Å². The van der Waals surface area contributed by atoms with Gasteiger partial charge in [0, 0.05) is 12.1 Å². The fraction of sp³-hybridized carbons (Fsp3) is 0.500. The van der Waals surface area contributed by atoms with Crippen molar-refractivity contribution in [3.8, 4) is 0 Å². The average molecular weight is 271 g/mol. The lowest BCUT2D eigenvalue weighted by atomic mass is 10.1. The van der Waals surface area contributed by atoms with Gasteiger partial charge in [-0.1, -0.05) is 12.8 Å². The van der Waals surface area contributed by atoms with Crippen molar-refractivity contribution in [2.45, 2.75) is 31.6 Å². The van der Waals surface area contributed by atoms with Gasteiger partial charge in [0.25, 0.3) is 0 Å². The van der Waals surface area contributed by atoms with Crippen molar-refractivity contribution in [1.29, 1.82) is 0 Å². The Morgan fingerprint density at radius 3 is 2.67 bits per heavy atom. The van der Waals surface area contributed by atoms with Crippen LogP contribution in [0.3, 0.4) is 0 Å². The molecule has 0 radical (unpaired) electrons. The summed E-state index contributed by atoms with van der Waals surface area (Å²) >= 11 is 3.16. The van der Waals surface area contributed by atoms with Gasteiger partial charge in [0.1, 0.15) is 16.0 Å². The van der Waals surface area contributed by atoms with Crippen LogP contribution in [0.1, 0.15) is 47.8 Å². The average Bonchev–Trinajstić information content (AvgIpc) is 2.69. The molecule has 0 bridgehead atoms. The van der Waals surface area contributed by atoms with Gasteiger partial charge in [-0.15, -0.1) is 0 Å². The molecule has 15 heavy (non-hydrogen) atoms. The number of carbonyl (C=O) groups is 1. The summed E-state index contributed by atoms with van der Waals surface area (Å²) in [6.45, 7) is 0. The highest BCUT2D eigenvalue weighted by atomic mass is 79.9. The highest BCUT2D eigenvalue weighted by Gasteiger charge is 2.21. The lowest BCUT2D eigenvalue weighted by Gasteiger charge is -2.07. The van der Waals surface area contributed by atoms with Crippen LogP contribution in [0.15, 0.2) is 10.8 Å². The van der Waals surface area contributed by atoms with Crippen LogP contribution in [0, 0.1) is 0 Å². The number of rotatable bonds is 2. The van der Waals surface area contributed by atoms with Gasteiger partial charge in [0.15, 0.2) is 0 Å². The second-order valence-electron chi connectivity index (χ2n) is 3.72. The molecule has 0 spiro atoms. The molecule has 0 unspecified atom stereocenters. The minimum Gasteiger partial charge on any atom is -0.478 e. The van der Waals surface area contributed by atoms with E-state index in [1.165, 1.54) is 19.0 Å². The van der Waals surface area contributed by atoms with E-state index in [0.29, 0.717) is 10.5 Å². The summed E-state index contributed by atoms with van der Waals surface area (Å²) < 4.78 is 0.381. The third kappa shape index (κ3) is 2.17. The Morgan fingerprint density at radius 2 is 2.13 bits per heavy atom. The van der Waals surface area contributed by atoms with Gasteiger partial charge in [0.05, 0.1) is 0 Å². The van der Waals surface area contributed by atoms with Crippen molar-refractivity contribution in [2.24, 2.45) is 0 Å². The maximum absolute atomic E-state index is 10.7. The van der Waals surface area contributed by atoms with Gasteiger partial charge in [-0.3, -0.25) is 0 Å². The molecule has 0 saturated heterocycles. The number of carboxylic acid groups (broad SMARTS) is 1. The summed E-state index contributed by atoms with van der Waals surface area (Å²) in [6, 6.07) is 0. The predicted molar refractivity (Wildman–Crippen MR) is 57.9 cm³/mol. The minimum absolute atomic E-state index is 0.122. The van der Waals surface area contributed by atoms with Crippen molar-refractivity contribution in [1.82, 2.24) is 9.97 Å². The largest absolute Gasteiger partial charge is 0.478 e. The molecule has 1 heterocycles. The zero-order valence-corrected chi connectivity index (χ0v) is 9.70. The van der Waals surface area contributed by atoms with E-state index >= 15 is 0 Å². The second-order valence-corrected chi connectivity index (χ2v) is 4.47. The molecule has 5 heteroatoms. The Labute approximate surface area is 95.9 Å². The Kier molecular flexibility index (Phi) is 3.00. The van der Waals surface area contributed by atoms with Crippen LogP contribution in [0.25, 0.3) is 0 Å². The molecule has 0 aromatic carbocycles. The van der Waals surface area contributed by atoms with E-state index < -0.39 is 5.97 Å². The van der Waals surface area contributed by atoms with Crippen molar-refractivity contribution < 1.29 is 9.90 Å². The quantitative estimate of drug-likeness (QED) is 0.840. The highest BCUT2D eigenvalue weighted by molar-refractivity contribution is 9.10. The molecule has 4 nitrogen and oxygen atoms in total. The number of hydrogen-bond acceptors (Lipinski definition) is 3. The fourth-order valence-corrected chi connectivity index (χ4v) is 2.35. The summed E-state index contributed by atoms with van der Waals surface area (Å²) in [4.78, 5) is 19.1. The molecule has 1 aliphatic rings. The van der Waals surface area contributed by atoms with Gasteiger partial charge in [-0.2, -0.15) is 0 Å². The maximum Gasteiger partial charge on any atom is 0.340 e. The van der Waals surface area contributed by atoms with Gasteiger partial charge in [-0.25, -0.2) is 14.8 Å². The minimum atomic E-state index is -1.00. The molecular formula is C10H11BrN2O2. The SMILES string of the molecule is O=C(O)c1cnc(C2CCCC2)nc1Br. The first-order valence-electron chi connectivity index (χ1n) is 4.94. The first-order valence-corrected chi connectivity index (χ1v) is 5.73. The van der Waals surface area contributed by atoms with Gasteiger partial charge in [-0.05, 0) is 28.8 Å². The molecule has 1 aromatic heterocycles. The van der Waals surface area contributed by atoms with Crippen LogP contribution in [0.5, 0.6) is 0 Å². The van der Waals surface area contributed by atoms with E-state index in [-0.39, 0.29) is 5.56 Å². The Hall–Kier alpha value is -0.970. The third-order valence-electron chi connectivity index (χ3n) is 2.71. The number of nitrogens with zero attached hydrogens (tertiary/aromatic N) is 2. The Balaban J connectivity index is 2.28. The van der Waals surface area contributed by atoms with Crippen molar-refractivity contribution in [2.75, 3.05) is 0 Å². The molecule has 2 rings (SSSR count). The van der Waals surface area contributed by atoms with Gasteiger partial charge in [0.2, 0.25) is 0 Å². The molecule has 0 aliphatic heterocycles. The van der Waals surface area contributed by atoms with Crippen LogP contribution in [0.4, 0.5) is 0 Å². The van der Waals surface area contributed by atoms with E-state index in [1.54, 1.807) is 0 Å². The number of aromatic carboxylic acids is 1. The zero-order chi connectivity index (χ0) is 10.8. The molecule has 1 saturated carbocycles. The van der Waals surface area contributed by atoms with Crippen molar-refractivity contribution in [3.63, 3.8) is 0 Å². The monoisotopic (exact) mass is 270 g/mol. The summed E-state index contributed by atoms with van der Waals surface area (Å²) in [5.41, 5.74) is 0.122. The normalized spacial score (nSPS) is 16.9. The van der Waals surface area contributed by atoms with Crippen LogP contribution in [0.2, 0.25) is 0 Å². The predicted octanol–water partition coefficient (Wildman–Crippen LogP) is 2.59. The molecule has 0 amide bonds. The molecule has 1 aliphatic carbocycles. The maximum atomic E-state index is 10.7. The van der Waals surface area contributed by atoms with Crippen LogP contribution >= 0.6 is 15.9 Å². The molecule has 1 N–H and O–H groups in total. The molecule has 80 valence electrons. The summed E-state index contributed by atoms with van der Waals surface area (Å²) in [5.74, 6) is 0.174. The smallest absolute Gasteiger partial charge is 0.340 e. The Morgan fingerprint density at radius 1 is 1.47 bits per heavy atom. The summed E-state index contributed by atoms with van der Waals surface area (Å²) in [6.07, 6.45) is 6.03. The van der Waals surface area contributed by atoms with E-state index in [1.807, 2.05) is 0 Å². The van der Waals surface area contributed by atoms with E-state index in [9.17, 15) is 4.79 Å². The van der Waals surface area contributed by atoms with E-state index in [4.69, 9.17) is 5.11 Å². The second kappa shape index (κ2) is 4.26. The first-order chi connectivity index (χ1) is 7.18. The standard InChI is InChI=1S/C10H11BrN2O2/c11-8-7(10(14)15)5-12-9(13-8)6-3-1-2-4-6/h5-6H,1-4H2,(H,14,15). The number of halogens is 1. The van der Waals surface area contributed by atoms with E-state index in [0.717, 1.165) is 18.7 Å². The first kappa shape index (κ1) is 10.5. The zero-order valence-electron chi connectivity index (χ0n) is 8.11. The Bertz CT molecular complexity index is 389. The molecular weight excluding hydrogens is 260 g/mol. The fourth-order valence-electron chi connectivity index (χ4n) is 1.90. The van der Waals surface area contributed by atoms with Gasteiger partial charge < -0.3 is 5.11 Å². The number of hydrogen-bond donors (Lipinski definition) is 1. The number of aromatic nitrogens is 2. The van der Waals surface area contributed by atoms with Gasteiger partial charge >= 0.3 is 5.97 Å².